The fourth-order valence-corrected chi connectivity index (χ4v) is 7.25. The van der Waals surface area contributed by atoms with Gasteiger partial charge in [0.05, 0.1) is 48.8 Å². The number of carbonyl (C=O) groups excluding carboxylic acids is 2. The van der Waals surface area contributed by atoms with E-state index in [1.165, 1.54) is 11.8 Å². The first-order chi connectivity index (χ1) is 23.3. The summed E-state index contributed by atoms with van der Waals surface area (Å²) < 4.78 is 13.2. The van der Waals surface area contributed by atoms with E-state index in [9.17, 15) is 9.59 Å². The minimum Gasteiger partial charge on any atom is -0.493 e. The van der Waals surface area contributed by atoms with Crippen LogP contribution in [0.1, 0.15) is 55.8 Å². The molecule has 1 atom stereocenters. The van der Waals surface area contributed by atoms with Crippen LogP contribution in [-0.2, 0) is 11.3 Å². The van der Waals surface area contributed by atoms with Gasteiger partial charge < -0.3 is 14.8 Å². The second-order valence-electron chi connectivity index (χ2n) is 11.4. The van der Waals surface area contributed by atoms with Crippen molar-refractivity contribution in [3.05, 3.63) is 117 Å². The number of thiophene rings is 1. The summed E-state index contributed by atoms with van der Waals surface area (Å²) in [6, 6.07) is 22.7. The van der Waals surface area contributed by atoms with Gasteiger partial charge in [-0.15, -0.1) is 21.5 Å². The molecule has 0 saturated heterocycles. The van der Waals surface area contributed by atoms with Gasteiger partial charge in [0.1, 0.15) is 0 Å². The second kappa shape index (κ2) is 14.4. The summed E-state index contributed by atoms with van der Waals surface area (Å²) in [5.41, 5.74) is 6.26. The number of thioether (sulfide) groups is 1. The number of rotatable bonds is 11. The smallest absolute Gasteiger partial charge is 0.253 e. The summed E-state index contributed by atoms with van der Waals surface area (Å²) in [6.45, 7) is 6.18. The average molecular weight is 681 g/mol. The van der Waals surface area contributed by atoms with Gasteiger partial charge in [-0.25, -0.2) is 5.01 Å². The Labute approximate surface area is 287 Å². The van der Waals surface area contributed by atoms with Crippen LogP contribution in [0.3, 0.4) is 0 Å². The third-order valence-electron chi connectivity index (χ3n) is 8.29. The fourth-order valence-electron chi connectivity index (χ4n) is 5.72. The topological polar surface area (TPSA) is 111 Å². The van der Waals surface area contributed by atoms with Gasteiger partial charge >= 0.3 is 0 Å². The fraction of sp³-hybridized carbons (Fsp3) is 0.250. The number of methoxy groups -OCH3 is 2. The number of hydrogen-bond donors (Lipinski definition) is 1. The van der Waals surface area contributed by atoms with Gasteiger partial charge in [-0.3, -0.25) is 14.2 Å². The lowest BCUT2D eigenvalue weighted by Crippen LogP contribution is -2.29. The Kier molecular flexibility index (Phi) is 9.93. The van der Waals surface area contributed by atoms with Crippen molar-refractivity contribution in [1.82, 2.24) is 25.1 Å². The van der Waals surface area contributed by atoms with Gasteiger partial charge in [0.2, 0.25) is 0 Å². The number of benzene rings is 3. The van der Waals surface area contributed by atoms with Crippen LogP contribution in [0.5, 0.6) is 11.5 Å². The predicted molar refractivity (Wildman–Crippen MR) is 189 cm³/mol. The lowest BCUT2D eigenvalue weighted by Gasteiger charge is -2.24. The number of aryl methyl sites for hydroxylation is 2. The quantitative estimate of drug-likeness (QED) is 0.155. The van der Waals surface area contributed by atoms with Crippen LogP contribution < -0.4 is 14.8 Å². The van der Waals surface area contributed by atoms with E-state index < -0.39 is 0 Å². The molecule has 0 spiro atoms. The lowest BCUT2D eigenvalue weighted by atomic mass is 9.99. The number of nitrogens with one attached hydrogen (secondary N) is 1. The molecule has 10 nitrogen and oxygen atoms in total. The van der Waals surface area contributed by atoms with Crippen molar-refractivity contribution >= 4 is 40.6 Å². The maximum atomic E-state index is 14.1. The second-order valence-corrected chi connectivity index (χ2v) is 13.2. The summed E-state index contributed by atoms with van der Waals surface area (Å²) in [5, 5.41) is 20.9. The van der Waals surface area contributed by atoms with Crippen molar-refractivity contribution in [2.75, 3.05) is 20.0 Å². The lowest BCUT2D eigenvalue weighted by molar-refractivity contribution is -0.130. The van der Waals surface area contributed by atoms with E-state index in [-0.39, 0.29) is 30.2 Å². The molecule has 246 valence electrons. The molecule has 0 radical (unpaired) electrons. The monoisotopic (exact) mass is 680 g/mol. The first kappa shape index (κ1) is 33.0. The first-order valence-corrected chi connectivity index (χ1v) is 17.3. The number of nitrogens with zero attached hydrogens (tertiary/aromatic N) is 5. The van der Waals surface area contributed by atoms with E-state index in [2.05, 4.69) is 15.5 Å². The molecule has 2 amide bonds. The Morgan fingerprint density at radius 2 is 1.79 bits per heavy atom. The zero-order valence-corrected chi connectivity index (χ0v) is 29.0. The molecule has 6 rings (SSSR count). The van der Waals surface area contributed by atoms with Crippen LogP contribution in [0.15, 0.2) is 88.4 Å². The van der Waals surface area contributed by atoms with Crippen molar-refractivity contribution in [2.24, 2.45) is 5.10 Å². The van der Waals surface area contributed by atoms with E-state index >= 15 is 0 Å². The van der Waals surface area contributed by atoms with E-state index in [1.807, 2.05) is 97.4 Å². The Hall–Kier alpha value is -4.94. The number of hydrogen-bond acceptors (Lipinski definition) is 9. The minimum atomic E-state index is -0.385. The van der Waals surface area contributed by atoms with Gasteiger partial charge in [-0.05, 0) is 67.6 Å². The molecule has 12 heteroatoms. The van der Waals surface area contributed by atoms with Crippen molar-refractivity contribution in [3.63, 3.8) is 0 Å². The standard InChI is InChI=1S/C36H36N6O4S2/c1-22-10-6-12-25(18-22)35(44)37-20-32-38-39-36(41(32)28-14-7-11-23(2)24(28)3)48-21-33(43)42-29(19-27(40-42)31-16-9-17-47-31)26-13-8-15-30(45-4)34(26)46-5/h6-18,29H,19-21H2,1-5H3,(H,37,44). The van der Waals surface area contributed by atoms with Gasteiger partial charge in [0.15, 0.2) is 22.5 Å². The molecule has 2 aromatic heterocycles. The van der Waals surface area contributed by atoms with E-state index in [0.29, 0.717) is 34.5 Å². The number of ether oxygens (including phenoxy) is 2. The molecule has 48 heavy (non-hydrogen) atoms. The normalized spacial score (nSPS) is 14.1. The maximum Gasteiger partial charge on any atom is 0.253 e. The maximum absolute atomic E-state index is 14.1. The van der Waals surface area contributed by atoms with Crippen molar-refractivity contribution in [3.8, 4) is 17.2 Å². The number of amides is 2. The number of carbonyl (C=O) groups is 2. The van der Waals surface area contributed by atoms with Gasteiger partial charge in [-0.2, -0.15) is 5.10 Å². The highest BCUT2D eigenvalue weighted by Crippen LogP contribution is 2.42. The van der Waals surface area contributed by atoms with Crippen LogP contribution in [0.4, 0.5) is 0 Å². The molecular formula is C36H36N6O4S2. The highest BCUT2D eigenvalue weighted by molar-refractivity contribution is 7.99. The Morgan fingerprint density at radius 1 is 0.979 bits per heavy atom. The predicted octanol–water partition coefficient (Wildman–Crippen LogP) is 6.67. The van der Waals surface area contributed by atoms with Gasteiger partial charge in [0, 0.05) is 17.5 Å². The molecule has 0 fully saturated rings. The summed E-state index contributed by atoms with van der Waals surface area (Å²) >= 11 is 2.87. The van der Waals surface area contributed by atoms with Crippen LogP contribution in [-0.4, -0.2) is 57.3 Å². The third kappa shape index (κ3) is 6.71. The Bertz CT molecular complexity index is 1990. The van der Waals surface area contributed by atoms with E-state index in [4.69, 9.17) is 14.6 Å². The zero-order chi connectivity index (χ0) is 33.8. The molecule has 5 aromatic rings. The molecule has 0 saturated carbocycles. The molecule has 3 heterocycles. The minimum absolute atomic E-state index is 0.0582. The number of hydrazone groups is 1. The van der Waals surface area contributed by atoms with Crippen LogP contribution in [0.2, 0.25) is 0 Å². The molecule has 0 aliphatic carbocycles. The molecular weight excluding hydrogens is 645 g/mol. The third-order valence-corrected chi connectivity index (χ3v) is 10.1. The highest BCUT2D eigenvalue weighted by Gasteiger charge is 2.36. The average Bonchev–Trinajstić information content (AvgIpc) is 3.87. The molecule has 1 N–H and O–H groups in total. The van der Waals surface area contributed by atoms with Gasteiger partial charge in [0.25, 0.3) is 11.8 Å². The molecule has 3 aromatic carbocycles. The van der Waals surface area contributed by atoms with Crippen molar-refractivity contribution in [2.45, 2.75) is 44.9 Å². The Balaban J connectivity index is 1.29. The van der Waals surface area contributed by atoms with Crippen molar-refractivity contribution in [1.29, 1.82) is 0 Å². The van der Waals surface area contributed by atoms with Crippen LogP contribution >= 0.6 is 23.1 Å². The molecule has 0 bridgehead atoms. The van der Waals surface area contributed by atoms with Gasteiger partial charge in [-0.1, -0.05) is 59.8 Å². The van der Waals surface area contributed by atoms with E-state index in [0.717, 1.165) is 38.5 Å². The summed E-state index contributed by atoms with van der Waals surface area (Å²) in [7, 11) is 3.19. The SMILES string of the molecule is COc1cccc(C2CC(c3cccs3)=NN2C(=O)CSc2nnc(CNC(=O)c3cccc(C)c3)n2-c2cccc(C)c2C)c1OC. The Morgan fingerprint density at radius 3 is 2.54 bits per heavy atom. The number of aromatic nitrogens is 3. The molecule has 1 aliphatic rings. The van der Waals surface area contributed by atoms with Crippen LogP contribution in [0.25, 0.3) is 5.69 Å². The highest BCUT2D eigenvalue weighted by atomic mass is 32.2. The first-order valence-electron chi connectivity index (χ1n) is 15.4. The molecule has 1 aliphatic heterocycles. The summed E-state index contributed by atoms with van der Waals surface area (Å²) in [4.78, 5) is 28.1. The largest absolute Gasteiger partial charge is 0.493 e. The summed E-state index contributed by atoms with van der Waals surface area (Å²) in [6.07, 6.45) is 0.532. The zero-order valence-electron chi connectivity index (χ0n) is 27.4. The number of para-hydroxylation sites is 1. The van der Waals surface area contributed by atoms with E-state index in [1.54, 1.807) is 36.6 Å². The summed E-state index contributed by atoms with van der Waals surface area (Å²) in [5.74, 6) is 1.38. The van der Waals surface area contributed by atoms with Crippen LogP contribution in [0, 0.1) is 20.8 Å². The van der Waals surface area contributed by atoms with Crippen molar-refractivity contribution < 1.29 is 19.1 Å². The molecule has 1 unspecified atom stereocenters.